The lowest BCUT2D eigenvalue weighted by Gasteiger charge is -2.15. The van der Waals surface area contributed by atoms with Crippen molar-refractivity contribution in [3.8, 4) is 11.1 Å². The summed E-state index contributed by atoms with van der Waals surface area (Å²) in [6, 6.07) is 16.5. The molecule has 7 nitrogen and oxygen atoms in total. The Morgan fingerprint density at radius 3 is 2.29 bits per heavy atom. The summed E-state index contributed by atoms with van der Waals surface area (Å²) in [4.78, 5) is 35.7. The van der Waals surface area contributed by atoms with Crippen LogP contribution in [0.2, 0.25) is 0 Å². The summed E-state index contributed by atoms with van der Waals surface area (Å²) >= 11 is 0. The lowest BCUT2D eigenvalue weighted by molar-refractivity contribution is -0.138. The molecule has 0 bridgehead atoms. The molecule has 0 radical (unpaired) electrons. The van der Waals surface area contributed by atoms with Gasteiger partial charge < -0.3 is 20.5 Å². The van der Waals surface area contributed by atoms with Gasteiger partial charge in [0.2, 0.25) is 5.91 Å². The first kappa shape index (κ1) is 22.4. The second-order valence-electron chi connectivity index (χ2n) is 9.79. The van der Waals surface area contributed by atoms with E-state index in [1.165, 1.54) is 22.3 Å². The van der Waals surface area contributed by atoms with Gasteiger partial charge in [0.05, 0.1) is 0 Å². The minimum absolute atomic E-state index is 0.0142. The molecule has 2 fully saturated rings. The zero-order valence-electron chi connectivity index (χ0n) is 19.0. The van der Waals surface area contributed by atoms with E-state index < -0.39 is 12.1 Å². The fourth-order valence-corrected chi connectivity index (χ4v) is 5.60. The Hall–Kier alpha value is -3.35. The van der Waals surface area contributed by atoms with Gasteiger partial charge in [0.25, 0.3) is 0 Å². The topological polar surface area (TPSA) is 105 Å². The van der Waals surface area contributed by atoms with Crippen molar-refractivity contribution in [3.05, 3.63) is 59.7 Å². The number of hydrogen-bond donors (Lipinski definition) is 3. The van der Waals surface area contributed by atoms with E-state index in [9.17, 15) is 14.4 Å². The number of carboxylic acid groups (broad SMARTS) is 1. The number of aliphatic carboxylic acids is 1. The summed E-state index contributed by atoms with van der Waals surface area (Å²) in [7, 11) is 0. The molecule has 3 aliphatic carbocycles. The Labute approximate surface area is 198 Å². The Balaban J connectivity index is 1.05. The first-order valence-electron chi connectivity index (χ1n) is 12.1. The predicted octanol–water partition coefficient (Wildman–Crippen LogP) is 3.92. The average Bonchev–Trinajstić information content (AvgIpc) is 3.38. The summed E-state index contributed by atoms with van der Waals surface area (Å²) < 4.78 is 5.57. The molecule has 0 aliphatic heterocycles. The number of alkyl carbamates (subject to hydrolysis) is 1. The van der Waals surface area contributed by atoms with Gasteiger partial charge in [-0.15, -0.1) is 0 Å². The molecule has 178 valence electrons. The highest BCUT2D eigenvalue weighted by molar-refractivity contribution is 5.82. The smallest absolute Gasteiger partial charge is 0.407 e. The molecule has 5 rings (SSSR count). The summed E-state index contributed by atoms with van der Waals surface area (Å²) in [5.74, 6) is -0.565. The highest BCUT2D eigenvalue weighted by Gasteiger charge is 2.44. The molecule has 2 aromatic carbocycles. The molecule has 0 heterocycles. The van der Waals surface area contributed by atoms with Gasteiger partial charge in [-0.05, 0) is 59.8 Å². The fraction of sp³-hybridized carbons (Fsp3) is 0.444. The van der Waals surface area contributed by atoms with Crippen molar-refractivity contribution in [1.29, 1.82) is 0 Å². The lowest BCUT2D eigenvalue weighted by atomic mass is 9.98. The molecule has 0 saturated heterocycles. The van der Waals surface area contributed by atoms with Crippen LogP contribution < -0.4 is 10.6 Å². The third-order valence-electron chi connectivity index (χ3n) is 7.46. The van der Waals surface area contributed by atoms with Crippen molar-refractivity contribution < 1.29 is 24.2 Å². The monoisotopic (exact) mass is 462 g/mol. The number of benzene rings is 2. The molecule has 3 N–H and O–H groups in total. The maximum absolute atomic E-state index is 12.5. The van der Waals surface area contributed by atoms with Crippen LogP contribution in [0.1, 0.15) is 49.1 Å². The zero-order valence-corrected chi connectivity index (χ0v) is 19.0. The Bertz CT molecular complexity index is 1050. The van der Waals surface area contributed by atoms with E-state index in [4.69, 9.17) is 9.84 Å². The molecule has 34 heavy (non-hydrogen) atoms. The second-order valence-corrected chi connectivity index (χ2v) is 9.79. The van der Waals surface area contributed by atoms with E-state index in [0.717, 1.165) is 25.7 Å². The number of hydrogen-bond acceptors (Lipinski definition) is 4. The van der Waals surface area contributed by atoms with Crippen molar-refractivity contribution in [2.75, 3.05) is 13.2 Å². The number of carbonyl (C=O) groups is 3. The third kappa shape index (κ3) is 4.79. The molecule has 4 atom stereocenters. The number of nitrogens with one attached hydrogen (secondary N) is 2. The molecular weight excluding hydrogens is 432 g/mol. The van der Waals surface area contributed by atoms with Gasteiger partial charge >= 0.3 is 12.1 Å². The van der Waals surface area contributed by atoms with E-state index in [1.807, 2.05) is 24.3 Å². The largest absolute Gasteiger partial charge is 0.481 e. The number of fused-ring (bicyclic) bond motifs is 3. The van der Waals surface area contributed by atoms with Crippen molar-refractivity contribution in [2.24, 2.45) is 17.8 Å². The molecule has 2 saturated carbocycles. The van der Waals surface area contributed by atoms with Crippen LogP contribution >= 0.6 is 0 Å². The normalized spacial score (nSPS) is 24.7. The third-order valence-corrected chi connectivity index (χ3v) is 7.46. The summed E-state index contributed by atoms with van der Waals surface area (Å²) in [5.41, 5.74) is 4.73. The minimum Gasteiger partial charge on any atom is -0.481 e. The number of carbonyl (C=O) groups excluding carboxylic acids is 2. The summed E-state index contributed by atoms with van der Waals surface area (Å²) in [6.45, 7) is 0.689. The van der Waals surface area contributed by atoms with Crippen LogP contribution in [0.15, 0.2) is 48.5 Å². The number of amides is 2. The molecule has 2 aromatic rings. The number of ether oxygens (including phenoxy) is 1. The van der Waals surface area contributed by atoms with Crippen LogP contribution in [0.25, 0.3) is 11.1 Å². The predicted molar refractivity (Wildman–Crippen MR) is 126 cm³/mol. The molecule has 2 amide bonds. The van der Waals surface area contributed by atoms with Gasteiger partial charge in [-0.25, -0.2) is 4.79 Å². The highest BCUT2D eigenvalue weighted by atomic mass is 16.5. The van der Waals surface area contributed by atoms with Gasteiger partial charge in [-0.1, -0.05) is 48.5 Å². The maximum Gasteiger partial charge on any atom is 0.407 e. The zero-order chi connectivity index (χ0) is 23.7. The Morgan fingerprint density at radius 2 is 1.62 bits per heavy atom. The van der Waals surface area contributed by atoms with E-state index in [-0.39, 0.29) is 48.6 Å². The van der Waals surface area contributed by atoms with Gasteiger partial charge in [-0.2, -0.15) is 0 Å². The van der Waals surface area contributed by atoms with Crippen molar-refractivity contribution in [1.82, 2.24) is 10.6 Å². The van der Waals surface area contributed by atoms with Crippen molar-refractivity contribution >= 4 is 18.0 Å². The standard InChI is InChI=1S/C27H30N2O5/c30-25(31)12-16-9-10-18(11-16)29-26(32)23-13-17(23)14-28-27(33)34-15-24-21-7-3-1-5-19(21)20-6-2-4-8-22(20)24/h1-8,16-18,23-24H,9-15H2,(H,28,33)(H,29,32)(H,30,31)/t16?,17-,18?,23-/m1/s1. The van der Waals surface area contributed by atoms with E-state index in [2.05, 4.69) is 34.9 Å². The molecular formula is C27H30N2O5. The van der Waals surface area contributed by atoms with Gasteiger partial charge in [-0.3, -0.25) is 9.59 Å². The van der Waals surface area contributed by atoms with Crippen LogP contribution in [0, 0.1) is 17.8 Å². The van der Waals surface area contributed by atoms with Crippen LogP contribution in [-0.4, -0.2) is 42.3 Å². The van der Waals surface area contributed by atoms with Gasteiger partial charge in [0.15, 0.2) is 0 Å². The quantitative estimate of drug-likeness (QED) is 0.552. The number of carboxylic acids is 1. The molecule has 7 heteroatoms. The first-order chi connectivity index (χ1) is 16.5. The van der Waals surface area contributed by atoms with E-state index in [1.54, 1.807) is 0 Å². The van der Waals surface area contributed by atoms with Gasteiger partial charge in [0.1, 0.15) is 6.61 Å². The first-order valence-corrected chi connectivity index (χ1v) is 12.1. The fourth-order valence-electron chi connectivity index (χ4n) is 5.60. The SMILES string of the molecule is O=C(O)CC1CCC(NC(=O)[C@@H]2C[C@@H]2CNC(=O)OCC2c3ccccc3-c3ccccc32)C1. The van der Waals surface area contributed by atoms with Crippen LogP contribution in [-0.2, 0) is 14.3 Å². The summed E-state index contributed by atoms with van der Waals surface area (Å²) in [5, 5.41) is 14.8. The summed E-state index contributed by atoms with van der Waals surface area (Å²) in [6.07, 6.45) is 2.87. The Morgan fingerprint density at radius 1 is 0.941 bits per heavy atom. The van der Waals surface area contributed by atoms with E-state index >= 15 is 0 Å². The van der Waals surface area contributed by atoms with Crippen molar-refractivity contribution in [2.45, 2.75) is 44.1 Å². The van der Waals surface area contributed by atoms with Crippen LogP contribution in [0.3, 0.4) is 0 Å². The minimum atomic E-state index is -0.779. The molecule has 2 unspecified atom stereocenters. The Kier molecular flexibility index (Phi) is 6.26. The van der Waals surface area contributed by atoms with Crippen LogP contribution in [0.5, 0.6) is 0 Å². The second kappa shape index (κ2) is 9.49. The van der Waals surface area contributed by atoms with E-state index in [0.29, 0.717) is 6.54 Å². The highest BCUT2D eigenvalue weighted by Crippen LogP contribution is 2.44. The maximum atomic E-state index is 12.5. The van der Waals surface area contributed by atoms with Crippen LogP contribution in [0.4, 0.5) is 4.79 Å². The van der Waals surface area contributed by atoms with Gasteiger partial charge in [0, 0.05) is 30.8 Å². The molecule has 3 aliphatic rings. The van der Waals surface area contributed by atoms with Crippen molar-refractivity contribution in [3.63, 3.8) is 0 Å². The average molecular weight is 463 g/mol. The lowest BCUT2D eigenvalue weighted by Crippen LogP contribution is -2.35. The molecule has 0 spiro atoms. The number of rotatable bonds is 8. The molecule has 0 aromatic heterocycles.